The van der Waals surface area contributed by atoms with Crippen molar-refractivity contribution in [2.75, 3.05) is 6.61 Å². The number of aliphatic hydroxyl groups excluding tert-OH is 1. The zero-order valence-corrected chi connectivity index (χ0v) is 19.9. The summed E-state index contributed by atoms with van der Waals surface area (Å²) < 4.78 is 0. The van der Waals surface area contributed by atoms with Crippen molar-refractivity contribution in [1.82, 2.24) is 16.0 Å². The van der Waals surface area contributed by atoms with Crippen LogP contribution in [0, 0.1) is 0 Å². The van der Waals surface area contributed by atoms with E-state index < -0.39 is 66.3 Å². The average molecular weight is 525 g/mol. The van der Waals surface area contributed by atoms with Crippen LogP contribution in [0.5, 0.6) is 5.75 Å². The van der Waals surface area contributed by atoms with E-state index in [9.17, 15) is 33.9 Å². The number of amides is 5. The normalized spacial score (nSPS) is 13.9. The molecule has 0 radical (unpaired) electrons. The molecule has 37 heavy (non-hydrogen) atoms. The van der Waals surface area contributed by atoms with Crippen LogP contribution in [-0.2, 0) is 35.2 Å². The molecule has 0 aromatic heterocycles. The van der Waals surface area contributed by atoms with Crippen molar-refractivity contribution < 1.29 is 44.1 Å². The lowest BCUT2D eigenvalue weighted by atomic mass is 10.0. The highest BCUT2D eigenvalue weighted by molar-refractivity contribution is 5.94. The number of hydrogen-bond donors (Lipinski definition) is 9. The first-order chi connectivity index (χ1) is 17.3. The molecule has 0 heterocycles. The minimum atomic E-state index is -1.67. The van der Waals surface area contributed by atoms with Crippen LogP contribution in [0.3, 0.4) is 0 Å². The van der Waals surface area contributed by atoms with Crippen molar-refractivity contribution in [3.8, 4) is 5.75 Å². The van der Waals surface area contributed by atoms with E-state index in [0.717, 1.165) is 0 Å². The fraction of sp³-hybridized carbons (Fsp3) is 0.455. The van der Waals surface area contributed by atoms with Gasteiger partial charge in [-0.3, -0.25) is 24.0 Å². The molecule has 4 unspecified atom stereocenters. The monoisotopic (exact) mass is 524 g/mol. The maximum atomic E-state index is 13.1. The number of carboxylic acids is 1. The van der Waals surface area contributed by atoms with Gasteiger partial charge in [-0.2, -0.15) is 0 Å². The van der Waals surface area contributed by atoms with Crippen LogP contribution in [0.2, 0.25) is 0 Å². The molecule has 5 amide bonds. The Kier molecular flexibility index (Phi) is 12.5. The van der Waals surface area contributed by atoms with Gasteiger partial charge in [0.2, 0.25) is 29.5 Å². The van der Waals surface area contributed by atoms with Gasteiger partial charge in [-0.25, -0.2) is 4.79 Å². The summed E-state index contributed by atoms with van der Waals surface area (Å²) in [5.74, 6) is -5.72. The molecule has 0 fully saturated rings. The second-order valence-electron chi connectivity index (χ2n) is 8.19. The number of benzene rings is 1. The number of aliphatic hydroxyl groups is 1. The number of phenolic OH excluding ortho intramolecular Hbond substituents is 1. The number of rotatable bonds is 16. The molecule has 204 valence electrons. The third kappa shape index (κ3) is 11.4. The molecule has 0 aliphatic carbocycles. The van der Waals surface area contributed by atoms with Crippen molar-refractivity contribution in [2.24, 2.45) is 17.2 Å². The summed E-state index contributed by atoms with van der Waals surface area (Å²) in [6.07, 6.45) is -1.02. The Balaban J connectivity index is 3.13. The maximum absolute atomic E-state index is 13.1. The number of hydrogen-bond acceptors (Lipinski definition) is 9. The number of aromatic hydroxyl groups is 1. The first kappa shape index (κ1) is 30.8. The summed E-state index contributed by atoms with van der Waals surface area (Å²) in [5, 5.41) is 34.6. The summed E-state index contributed by atoms with van der Waals surface area (Å²) in [4.78, 5) is 71.7. The average Bonchev–Trinajstić information content (AvgIpc) is 2.83. The number of carbonyl (C=O) groups excluding carboxylic acids is 5. The van der Waals surface area contributed by atoms with Crippen LogP contribution >= 0.6 is 0 Å². The number of aliphatic carboxylic acids is 1. The molecule has 1 aromatic rings. The first-order valence-electron chi connectivity index (χ1n) is 11.2. The molecule has 1 rings (SSSR count). The van der Waals surface area contributed by atoms with E-state index in [1.807, 2.05) is 5.32 Å². The summed E-state index contributed by atoms with van der Waals surface area (Å²) in [5.41, 5.74) is 16.5. The number of nitrogens with two attached hydrogens (primary N) is 3. The van der Waals surface area contributed by atoms with Crippen molar-refractivity contribution in [2.45, 2.75) is 56.3 Å². The molecule has 1 aromatic carbocycles. The molecule has 0 saturated heterocycles. The molecule has 0 saturated carbocycles. The van der Waals surface area contributed by atoms with Gasteiger partial charge >= 0.3 is 5.97 Å². The number of phenols is 1. The quantitative estimate of drug-likeness (QED) is 0.102. The predicted octanol–water partition coefficient (Wildman–Crippen LogP) is -3.68. The van der Waals surface area contributed by atoms with Gasteiger partial charge in [-0.15, -0.1) is 0 Å². The Morgan fingerprint density at radius 2 is 1.24 bits per heavy atom. The third-order valence-corrected chi connectivity index (χ3v) is 5.16. The molecule has 15 nitrogen and oxygen atoms in total. The van der Waals surface area contributed by atoms with Gasteiger partial charge in [-0.1, -0.05) is 12.1 Å². The molecule has 0 aliphatic rings. The third-order valence-electron chi connectivity index (χ3n) is 5.16. The SMILES string of the molecule is NC(=O)CCC(N)C(=O)NC(Cc1ccc(O)cc1)C(=O)NC(CCC(N)=O)C(=O)NC(CO)C(=O)O. The summed E-state index contributed by atoms with van der Waals surface area (Å²) in [6, 6.07) is 0.0810. The molecule has 15 heteroatoms. The van der Waals surface area contributed by atoms with Gasteiger partial charge in [0.15, 0.2) is 0 Å². The van der Waals surface area contributed by atoms with E-state index in [1.165, 1.54) is 24.3 Å². The van der Waals surface area contributed by atoms with E-state index >= 15 is 0 Å². The molecule has 12 N–H and O–H groups in total. The smallest absolute Gasteiger partial charge is 0.328 e. The number of primary amides is 2. The maximum Gasteiger partial charge on any atom is 0.328 e. The van der Waals surface area contributed by atoms with Gasteiger partial charge in [0.05, 0.1) is 12.6 Å². The summed E-state index contributed by atoms with van der Waals surface area (Å²) in [6.45, 7) is -0.930. The number of carbonyl (C=O) groups is 6. The Labute approximate surface area is 211 Å². The highest BCUT2D eigenvalue weighted by Gasteiger charge is 2.30. The van der Waals surface area contributed by atoms with Crippen molar-refractivity contribution in [3.05, 3.63) is 29.8 Å². The topological polar surface area (TPSA) is 277 Å². The molecule has 0 spiro atoms. The summed E-state index contributed by atoms with van der Waals surface area (Å²) >= 11 is 0. The lowest BCUT2D eigenvalue weighted by Gasteiger charge is -2.25. The van der Waals surface area contributed by atoms with Crippen LogP contribution in [0.25, 0.3) is 0 Å². The molecule has 0 aliphatic heterocycles. The van der Waals surface area contributed by atoms with Crippen LogP contribution in [0.1, 0.15) is 31.2 Å². The first-order valence-corrected chi connectivity index (χ1v) is 11.2. The number of carboxylic acid groups (broad SMARTS) is 1. The van der Waals surface area contributed by atoms with Crippen molar-refractivity contribution >= 4 is 35.5 Å². The second kappa shape index (κ2) is 15.0. The lowest BCUT2D eigenvalue weighted by Crippen LogP contribution is -2.58. The van der Waals surface area contributed by atoms with Crippen molar-refractivity contribution in [3.63, 3.8) is 0 Å². The van der Waals surface area contributed by atoms with E-state index in [0.29, 0.717) is 5.56 Å². The van der Waals surface area contributed by atoms with Crippen LogP contribution in [0.15, 0.2) is 24.3 Å². The Bertz CT molecular complexity index is 985. The van der Waals surface area contributed by atoms with E-state index in [4.69, 9.17) is 27.4 Å². The van der Waals surface area contributed by atoms with Crippen molar-refractivity contribution in [1.29, 1.82) is 0 Å². The summed E-state index contributed by atoms with van der Waals surface area (Å²) in [7, 11) is 0. The van der Waals surface area contributed by atoms with E-state index in [2.05, 4.69) is 10.6 Å². The Morgan fingerprint density at radius 1 is 0.757 bits per heavy atom. The molecule has 0 bridgehead atoms. The standard InChI is InChI=1S/C22H32N6O9/c23-13(5-7-17(24)31)19(33)27-15(9-11-1-3-12(30)4-2-11)21(35)26-14(6-8-18(25)32)20(34)28-16(10-29)22(36)37/h1-4,13-16,29-30H,5-10,23H2,(H2,24,31)(H2,25,32)(H,26,35)(H,27,33)(H,28,34)(H,36,37). The number of nitrogens with one attached hydrogen (secondary N) is 3. The van der Waals surface area contributed by atoms with E-state index in [1.54, 1.807) is 0 Å². The van der Waals surface area contributed by atoms with Crippen LogP contribution in [0.4, 0.5) is 0 Å². The van der Waals surface area contributed by atoms with Gasteiger partial charge in [0.25, 0.3) is 0 Å². The van der Waals surface area contributed by atoms with E-state index in [-0.39, 0.29) is 37.9 Å². The Morgan fingerprint density at radius 3 is 1.76 bits per heavy atom. The van der Waals surface area contributed by atoms with Crippen LogP contribution < -0.4 is 33.2 Å². The molecule has 4 atom stereocenters. The fourth-order valence-corrected chi connectivity index (χ4v) is 3.07. The Hall–Kier alpha value is -4.24. The zero-order chi connectivity index (χ0) is 28.1. The lowest BCUT2D eigenvalue weighted by molar-refractivity contribution is -0.143. The molecular weight excluding hydrogens is 492 g/mol. The highest BCUT2D eigenvalue weighted by Crippen LogP contribution is 2.12. The fourth-order valence-electron chi connectivity index (χ4n) is 3.07. The largest absolute Gasteiger partial charge is 0.508 e. The minimum absolute atomic E-state index is 0.0395. The van der Waals surface area contributed by atoms with Crippen LogP contribution in [-0.4, -0.2) is 81.6 Å². The van der Waals surface area contributed by atoms with Gasteiger partial charge in [0, 0.05) is 19.3 Å². The predicted molar refractivity (Wildman–Crippen MR) is 127 cm³/mol. The zero-order valence-electron chi connectivity index (χ0n) is 19.9. The minimum Gasteiger partial charge on any atom is -0.508 e. The molecular formula is C22H32N6O9. The van der Waals surface area contributed by atoms with Gasteiger partial charge in [0.1, 0.15) is 23.9 Å². The highest BCUT2D eigenvalue weighted by atomic mass is 16.4. The second-order valence-corrected chi connectivity index (χ2v) is 8.19. The van der Waals surface area contributed by atoms with Gasteiger partial charge in [-0.05, 0) is 30.5 Å². The van der Waals surface area contributed by atoms with Gasteiger partial charge < -0.3 is 48.5 Å².